The molecule has 0 saturated carbocycles. The molecule has 3 N–H and O–H groups in total. The second-order valence-electron chi connectivity index (χ2n) is 7.37. The van der Waals surface area contributed by atoms with E-state index in [-0.39, 0.29) is 17.7 Å². The summed E-state index contributed by atoms with van der Waals surface area (Å²) in [5.74, 6) is 0.144. The minimum atomic E-state index is 0.0237. The van der Waals surface area contributed by atoms with Gasteiger partial charge in [0.15, 0.2) is 6.54 Å². The summed E-state index contributed by atoms with van der Waals surface area (Å²) in [4.78, 5) is 26.1. The molecule has 1 aliphatic rings. The van der Waals surface area contributed by atoms with E-state index in [9.17, 15) is 9.59 Å². The maximum Gasteiger partial charge on any atom is 0.279 e. The van der Waals surface area contributed by atoms with Gasteiger partial charge in [0, 0.05) is 30.1 Å². The average Bonchev–Trinajstić information content (AvgIpc) is 2.66. The Balaban J connectivity index is 1.46. The third kappa shape index (κ3) is 5.17. The number of hydrogen-bond acceptors (Lipinski definition) is 2. The topological polar surface area (TPSA) is 62.6 Å². The summed E-state index contributed by atoms with van der Waals surface area (Å²) in [6.07, 6.45) is 1.62. The minimum Gasteiger partial charge on any atom is -0.327 e. The molecule has 0 atom stereocenters. The maximum atomic E-state index is 12.4. The van der Waals surface area contributed by atoms with Crippen molar-refractivity contribution in [3.63, 3.8) is 0 Å². The number of piperidine rings is 1. The summed E-state index contributed by atoms with van der Waals surface area (Å²) in [6, 6.07) is 15.6. The second kappa shape index (κ2) is 8.82. The van der Waals surface area contributed by atoms with Gasteiger partial charge in [0.05, 0.1) is 13.1 Å². The van der Waals surface area contributed by atoms with Crippen molar-refractivity contribution in [2.24, 2.45) is 5.92 Å². The third-order valence-electron chi connectivity index (χ3n) is 5.26. The molecule has 0 radical (unpaired) electrons. The molecule has 2 aromatic rings. The number of hydrogen-bond donors (Lipinski definition) is 3. The summed E-state index contributed by atoms with van der Waals surface area (Å²) in [6.45, 7) is 6.14. The van der Waals surface area contributed by atoms with Gasteiger partial charge in [-0.05, 0) is 37.1 Å². The van der Waals surface area contributed by atoms with Gasteiger partial charge in [0.25, 0.3) is 5.91 Å². The Morgan fingerprint density at radius 2 is 1.56 bits per heavy atom. The van der Waals surface area contributed by atoms with Gasteiger partial charge in [0.1, 0.15) is 0 Å². The highest BCUT2D eigenvalue weighted by Crippen LogP contribution is 2.19. The van der Waals surface area contributed by atoms with E-state index in [0.717, 1.165) is 48.4 Å². The summed E-state index contributed by atoms with van der Waals surface area (Å²) in [7, 11) is 0. The summed E-state index contributed by atoms with van der Waals surface area (Å²) < 4.78 is 0. The number of para-hydroxylation sites is 2. The van der Waals surface area contributed by atoms with Crippen LogP contribution in [-0.4, -0.2) is 31.4 Å². The van der Waals surface area contributed by atoms with Crippen molar-refractivity contribution in [3.05, 3.63) is 59.7 Å². The van der Waals surface area contributed by atoms with Crippen LogP contribution in [0.4, 0.5) is 11.4 Å². The van der Waals surface area contributed by atoms with Crippen molar-refractivity contribution >= 4 is 23.2 Å². The first kappa shape index (κ1) is 19.1. The molecule has 0 aromatic heterocycles. The quantitative estimate of drug-likeness (QED) is 0.759. The van der Waals surface area contributed by atoms with Crippen LogP contribution < -0.4 is 15.5 Å². The highest BCUT2D eigenvalue weighted by atomic mass is 16.2. The van der Waals surface area contributed by atoms with Crippen LogP contribution in [0.15, 0.2) is 48.5 Å². The average molecular weight is 366 g/mol. The van der Waals surface area contributed by atoms with Crippen molar-refractivity contribution in [1.29, 1.82) is 0 Å². The van der Waals surface area contributed by atoms with Crippen molar-refractivity contribution in [2.45, 2.75) is 26.7 Å². The number of amides is 2. The molecule has 0 spiro atoms. The van der Waals surface area contributed by atoms with E-state index in [4.69, 9.17) is 0 Å². The lowest BCUT2D eigenvalue weighted by atomic mass is 9.95. The number of aryl methyl sites for hydroxylation is 2. The molecule has 142 valence electrons. The van der Waals surface area contributed by atoms with Crippen molar-refractivity contribution in [2.75, 3.05) is 30.3 Å². The van der Waals surface area contributed by atoms with Crippen LogP contribution in [0.25, 0.3) is 0 Å². The van der Waals surface area contributed by atoms with Crippen LogP contribution in [0.5, 0.6) is 0 Å². The van der Waals surface area contributed by atoms with Gasteiger partial charge in [0.2, 0.25) is 5.91 Å². The van der Waals surface area contributed by atoms with Crippen molar-refractivity contribution < 1.29 is 14.5 Å². The van der Waals surface area contributed by atoms with E-state index in [1.807, 2.05) is 62.4 Å². The number of carbonyl (C=O) groups excluding carboxylic acids is 2. The summed E-state index contributed by atoms with van der Waals surface area (Å²) in [5, 5.41) is 6.04. The smallest absolute Gasteiger partial charge is 0.279 e. The first-order valence-electron chi connectivity index (χ1n) is 9.58. The first-order chi connectivity index (χ1) is 13.0. The number of anilines is 2. The fourth-order valence-electron chi connectivity index (χ4n) is 3.65. The number of nitrogens with one attached hydrogen (secondary N) is 3. The zero-order valence-corrected chi connectivity index (χ0v) is 16.0. The van der Waals surface area contributed by atoms with Crippen LogP contribution in [0.2, 0.25) is 0 Å². The zero-order valence-electron chi connectivity index (χ0n) is 16.0. The molecule has 1 fully saturated rings. The monoisotopic (exact) mass is 366 g/mol. The number of likely N-dealkylation sites (tertiary alicyclic amines) is 1. The zero-order chi connectivity index (χ0) is 19.2. The van der Waals surface area contributed by atoms with E-state index < -0.39 is 0 Å². The Morgan fingerprint density at radius 1 is 0.926 bits per heavy atom. The molecule has 2 aromatic carbocycles. The Bertz CT molecular complexity index is 776. The third-order valence-corrected chi connectivity index (χ3v) is 5.26. The van der Waals surface area contributed by atoms with Crippen LogP contribution >= 0.6 is 0 Å². The van der Waals surface area contributed by atoms with Gasteiger partial charge in [-0.1, -0.05) is 36.4 Å². The molecule has 5 heteroatoms. The largest absolute Gasteiger partial charge is 0.327 e. The molecule has 5 nitrogen and oxygen atoms in total. The van der Waals surface area contributed by atoms with Crippen LogP contribution in [-0.2, 0) is 9.59 Å². The van der Waals surface area contributed by atoms with Gasteiger partial charge in [-0.25, -0.2) is 0 Å². The van der Waals surface area contributed by atoms with Crippen LogP contribution in [0.1, 0.15) is 24.0 Å². The first-order valence-corrected chi connectivity index (χ1v) is 9.58. The van der Waals surface area contributed by atoms with Crippen LogP contribution in [0, 0.1) is 19.8 Å². The Labute approximate surface area is 160 Å². The SMILES string of the molecule is Cc1cccc(C)c1NC(=O)C[NH+]1CCC(C(=O)Nc2ccccc2)CC1. The number of benzene rings is 2. The van der Waals surface area contributed by atoms with Gasteiger partial charge in [-0.2, -0.15) is 0 Å². The molecule has 0 bridgehead atoms. The Kier molecular flexibility index (Phi) is 6.24. The van der Waals surface area contributed by atoms with Gasteiger partial charge >= 0.3 is 0 Å². The van der Waals surface area contributed by atoms with Crippen LogP contribution in [0.3, 0.4) is 0 Å². The molecular weight excluding hydrogens is 338 g/mol. The van der Waals surface area contributed by atoms with Crippen molar-refractivity contribution in [1.82, 2.24) is 0 Å². The van der Waals surface area contributed by atoms with E-state index in [1.54, 1.807) is 0 Å². The molecule has 27 heavy (non-hydrogen) atoms. The van der Waals surface area contributed by atoms with E-state index in [2.05, 4.69) is 10.6 Å². The molecule has 1 aliphatic heterocycles. The minimum absolute atomic E-state index is 0.0237. The predicted octanol–water partition coefficient (Wildman–Crippen LogP) is 2.18. The molecule has 2 amide bonds. The Morgan fingerprint density at radius 3 is 2.19 bits per heavy atom. The predicted molar refractivity (Wildman–Crippen MR) is 108 cm³/mol. The highest BCUT2D eigenvalue weighted by molar-refractivity contribution is 5.93. The molecule has 3 rings (SSSR count). The Hall–Kier alpha value is -2.66. The normalized spacial score (nSPS) is 19.3. The fourth-order valence-corrected chi connectivity index (χ4v) is 3.65. The molecular formula is C22H28N3O2+. The standard InChI is InChI=1S/C22H27N3O2/c1-16-7-6-8-17(2)21(16)24-20(26)15-25-13-11-18(12-14-25)22(27)23-19-9-4-3-5-10-19/h3-10,18H,11-15H2,1-2H3,(H,23,27)(H,24,26)/p+1. The second-order valence-corrected chi connectivity index (χ2v) is 7.37. The molecule has 1 heterocycles. The number of rotatable bonds is 5. The van der Waals surface area contributed by atoms with E-state index >= 15 is 0 Å². The number of quaternary nitrogens is 1. The van der Waals surface area contributed by atoms with Gasteiger partial charge in [-0.15, -0.1) is 0 Å². The van der Waals surface area contributed by atoms with Crippen molar-refractivity contribution in [3.8, 4) is 0 Å². The molecule has 0 unspecified atom stereocenters. The lowest BCUT2D eigenvalue weighted by Crippen LogP contribution is -3.14. The van der Waals surface area contributed by atoms with E-state index in [0.29, 0.717) is 6.54 Å². The van der Waals surface area contributed by atoms with Gasteiger partial charge < -0.3 is 15.5 Å². The van der Waals surface area contributed by atoms with Gasteiger partial charge in [-0.3, -0.25) is 9.59 Å². The summed E-state index contributed by atoms with van der Waals surface area (Å²) >= 11 is 0. The molecule has 0 aliphatic carbocycles. The summed E-state index contributed by atoms with van der Waals surface area (Å²) in [5.41, 5.74) is 3.91. The number of carbonyl (C=O) groups is 2. The maximum absolute atomic E-state index is 12.4. The highest BCUT2D eigenvalue weighted by Gasteiger charge is 2.28. The lowest BCUT2D eigenvalue weighted by molar-refractivity contribution is -0.897. The molecule has 1 saturated heterocycles. The lowest BCUT2D eigenvalue weighted by Gasteiger charge is -2.28. The fraction of sp³-hybridized carbons (Fsp3) is 0.364. The van der Waals surface area contributed by atoms with E-state index in [1.165, 1.54) is 4.90 Å².